The van der Waals surface area contributed by atoms with Crippen LogP contribution in [0, 0.1) is 0 Å². The number of carbonyl (C=O) groups excluding carboxylic acids is 3. The minimum atomic E-state index is -0.703. The largest absolute Gasteiger partial charge is 0.466 e. The van der Waals surface area contributed by atoms with E-state index in [4.69, 9.17) is 16.3 Å². The SMILES string of the molecule is COC(=O)C1=C(CN2CCN(c3ccc(C(C)=O)cc3)CC2)NC(=O)NC1c1ccccc1Cl. The van der Waals surface area contributed by atoms with Crippen LogP contribution in [0.4, 0.5) is 10.5 Å². The fourth-order valence-electron chi connectivity index (χ4n) is 4.33. The number of ketones is 1. The molecule has 0 aliphatic carbocycles. The molecule has 1 atom stereocenters. The van der Waals surface area contributed by atoms with Crippen molar-refractivity contribution in [1.82, 2.24) is 15.5 Å². The van der Waals surface area contributed by atoms with Gasteiger partial charge in [0.1, 0.15) is 0 Å². The molecule has 2 aliphatic heterocycles. The number of anilines is 1. The van der Waals surface area contributed by atoms with Crippen LogP contribution in [0.5, 0.6) is 0 Å². The highest BCUT2D eigenvalue weighted by Gasteiger charge is 2.35. The zero-order chi connectivity index (χ0) is 24.2. The van der Waals surface area contributed by atoms with E-state index in [-0.39, 0.29) is 5.78 Å². The number of hydrogen-bond acceptors (Lipinski definition) is 6. The number of piperazine rings is 1. The molecule has 2 aromatic carbocycles. The van der Waals surface area contributed by atoms with Gasteiger partial charge in [-0.15, -0.1) is 0 Å². The topological polar surface area (TPSA) is 91.0 Å². The van der Waals surface area contributed by atoms with Crippen LogP contribution in [0.15, 0.2) is 59.8 Å². The molecule has 34 heavy (non-hydrogen) atoms. The number of ether oxygens (including phenoxy) is 1. The predicted octanol–water partition coefficient (Wildman–Crippen LogP) is 3.15. The van der Waals surface area contributed by atoms with Crippen LogP contribution in [0.2, 0.25) is 5.02 Å². The number of methoxy groups -OCH3 is 1. The normalized spacial score (nSPS) is 18.9. The maximum Gasteiger partial charge on any atom is 0.338 e. The average molecular weight is 483 g/mol. The van der Waals surface area contributed by atoms with E-state index in [1.165, 1.54) is 7.11 Å². The highest BCUT2D eigenvalue weighted by Crippen LogP contribution is 2.32. The second kappa shape index (κ2) is 10.3. The molecule has 0 radical (unpaired) electrons. The quantitative estimate of drug-likeness (QED) is 0.485. The Morgan fingerprint density at radius 3 is 2.35 bits per heavy atom. The van der Waals surface area contributed by atoms with Crippen molar-refractivity contribution >= 4 is 35.1 Å². The molecule has 2 amide bonds. The molecule has 2 aromatic rings. The van der Waals surface area contributed by atoms with Gasteiger partial charge in [0.2, 0.25) is 0 Å². The lowest BCUT2D eigenvalue weighted by molar-refractivity contribution is -0.136. The van der Waals surface area contributed by atoms with E-state index in [0.717, 1.165) is 31.9 Å². The number of rotatable bonds is 6. The van der Waals surface area contributed by atoms with Crippen molar-refractivity contribution in [3.63, 3.8) is 0 Å². The van der Waals surface area contributed by atoms with Crippen molar-refractivity contribution < 1.29 is 19.1 Å². The third kappa shape index (κ3) is 5.08. The Morgan fingerprint density at radius 2 is 1.74 bits per heavy atom. The molecule has 2 aliphatic rings. The van der Waals surface area contributed by atoms with E-state index >= 15 is 0 Å². The molecule has 0 saturated carbocycles. The van der Waals surface area contributed by atoms with Crippen LogP contribution in [-0.4, -0.2) is 62.5 Å². The van der Waals surface area contributed by atoms with Gasteiger partial charge in [-0.3, -0.25) is 9.69 Å². The molecule has 9 heteroatoms. The molecule has 178 valence electrons. The number of carbonyl (C=O) groups is 3. The fourth-order valence-corrected chi connectivity index (χ4v) is 4.58. The number of benzene rings is 2. The highest BCUT2D eigenvalue weighted by molar-refractivity contribution is 6.31. The van der Waals surface area contributed by atoms with Crippen LogP contribution >= 0.6 is 11.6 Å². The summed E-state index contributed by atoms with van der Waals surface area (Å²) in [6.07, 6.45) is 0. The molecule has 0 bridgehead atoms. The van der Waals surface area contributed by atoms with Gasteiger partial charge in [0, 0.05) is 54.7 Å². The second-order valence-electron chi connectivity index (χ2n) is 8.30. The lowest BCUT2D eigenvalue weighted by Crippen LogP contribution is -2.51. The van der Waals surface area contributed by atoms with Crippen LogP contribution in [0.1, 0.15) is 28.9 Å². The van der Waals surface area contributed by atoms with E-state index in [2.05, 4.69) is 20.4 Å². The van der Waals surface area contributed by atoms with Gasteiger partial charge in [0.05, 0.1) is 18.7 Å². The number of amides is 2. The van der Waals surface area contributed by atoms with Gasteiger partial charge >= 0.3 is 12.0 Å². The van der Waals surface area contributed by atoms with Gasteiger partial charge in [-0.1, -0.05) is 29.8 Å². The Labute approximate surface area is 203 Å². The lowest BCUT2D eigenvalue weighted by Gasteiger charge is -2.38. The molecule has 0 aromatic heterocycles. The first kappa shape index (κ1) is 23.8. The molecule has 2 heterocycles. The summed E-state index contributed by atoms with van der Waals surface area (Å²) in [6, 6.07) is 13.6. The molecular formula is C25H27ClN4O4. The lowest BCUT2D eigenvalue weighted by atomic mass is 9.95. The second-order valence-corrected chi connectivity index (χ2v) is 8.71. The Bertz CT molecular complexity index is 1120. The van der Waals surface area contributed by atoms with Crippen LogP contribution < -0.4 is 15.5 Å². The first-order chi connectivity index (χ1) is 16.4. The summed E-state index contributed by atoms with van der Waals surface area (Å²) in [4.78, 5) is 41.2. The van der Waals surface area contributed by atoms with Gasteiger partial charge in [-0.25, -0.2) is 9.59 Å². The van der Waals surface area contributed by atoms with Crippen molar-refractivity contribution in [2.75, 3.05) is 44.7 Å². The summed E-state index contributed by atoms with van der Waals surface area (Å²) in [5.74, 6) is -0.471. The van der Waals surface area contributed by atoms with Gasteiger partial charge in [-0.2, -0.15) is 0 Å². The van der Waals surface area contributed by atoms with Crippen molar-refractivity contribution in [3.05, 3.63) is 76.0 Å². The molecule has 1 saturated heterocycles. The van der Waals surface area contributed by atoms with E-state index in [1.807, 2.05) is 30.3 Å². The van der Waals surface area contributed by atoms with Crippen LogP contribution in [0.3, 0.4) is 0 Å². The summed E-state index contributed by atoms with van der Waals surface area (Å²) in [5.41, 5.74) is 3.25. The van der Waals surface area contributed by atoms with Crippen LogP contribution in [0.25, 0.3) is 0 Å². The molecule has 4 rings (SSSR count). The maximum atomic E-state index is 12.8. The van der Waals surface area contributed by atoms with E-state index in [9.17, 15) is 14.4 Å². The standard InChI is InChI=1S/C25H27ClN4O4/c1-16(31)17-7-9-18(10-8-17)30-13-11-29(12-14-30)15-21-22(24(32)34-2)23(28-25(33)27-21)19-5-3-4-6-20(19)26/h3-10,23H,11-15H2,1-2H3,(H2,27,28,33). The molecule has 8 nitrogen and oxygen atoms in total. The minimum Gasteiger partial charge on any atom is -0.466 e. The monoisotopic (exact) mass is 482 g/mol. The highest BCUT2D eigenvalue weighted by atomic mass is 35.5. The summed E-state index contributed by atoms with van der Waals surface area (Å²) in [7, 11) is 1.32. The third-order valence-corrected chi connectivity index (χ3v) is 6.51. The molecular weight excluding hydrogens is 456 g/mol. The Hall–Kier alpha value is -3.36. The number of hydrogen-bond donors (Lipinski definition) is 2. The van der Waals surface area contributed by atoms with Crippen LogP contribution in [-0.2, 0) is 9.53 Å². The maximum absolute atomic E-state index is 12.8. The summed E-state index contributed by atoms with van der Waals surface area (Å²) < 4.78 is 5.06. The molecule has 1 unspecified atom stereocenters. The minimum absolute atomic E-state index is 0.0465. The smallest absolute Gasteiger partial charge is 0.338 e. The van der Waals surface area contributed by atoms with E-state index in [0.29, 0.717) is 34.0 Å². The van der Waals surface area contributed by atoms with Crippen molar-refractivity contribution in [2.24, 2.45) is 0 Å². The number of halogens is 1. The molecule has 1 fully saturated rings. The van der Waals surface area contributed by atoms with Crippen molar-refractivity contribution in [3.8, 4) is 0 Å². The average Bonchev–Trinajstić information content (AvgIpc) is 2.84. The predicted molar refractivity (Wildman–Crippen MR) is 130 cm³/mol. The van der Waals surface area contributed by atoms with Gasteiger partial charge in [0.25, 0.3) is 0 Å². The third-order valence-electron chi connectivity index (χ3n) is 6.17. The number of nitrogens with one attached hydrogen (secondary N) is 2. The summed E-state index contributed by atoms with van der Waals surface area (Å²) in [5, 5.41) is 6.07. The van der Waals surface area contributed by atoms with Crippen molar-refractivity contribution in [2.45, 2.75) is 13.0 Å². The van der Waals surface area contributed by atoms with E-state index in [1.54, 1.807) is 25.1 Å². The Balaban J connectivity index is 1.52. The van der Waals surface area contributed by atoms with Crippen molar-refractivity contribution in [1.29, 1.82) is 0 Å². The first-order valence-electron chi connectivity index (χ1n) is 11.1. The van der Waals surface area contributed by atoms with Gasteiger partial charge in [-0.05, 0) is 42.8 Å². The number of Topliss-reactive ketones (excluding diaryl/α,β-unsaturated/α-hetero) is 1. The Kier molecular flexibility index (Phi) is 7.19. The molecule has 2 N–H and O–H groups in total. The van der Waals surface area contributed by atoms with E-state index < -0.39 is 18.0 Å². The molecule has 0 spiro atoms. The number of urea groups is 1. The summed E-state index contributed by atoms with van der Waals surface area (Å²) >= 11 is 6.38. The van der Waals surface area contributed by atoms with Gasteiger partial charge in [0.15, 0.2) is 5.78 Å². The fraction of sp³-hybridized carbons (Fsp3) is 0.320. The van der Waals surface area contributed by atoms with Gasteiger partial charge < -0.3 is 20.3 Å². The number of esters is 1. The zero-order valence-corrected chi connectivity index (χ0v) is 19.9. The first-order valence-corrected chi connectivity index (χ1v) is 11.5. The summed E-state index contributed by atoms with van der Waals surface area (Å²) in [6.45, 7) is 5.00. The number of nitrogens with zero attached hydrogens (tertiary/aromatic N) is 2. The Morgan fingerprint density at radius 1 is 1.06 bits per heavy atom. The zero-order valence-electron chi connectivity index (χ0n) is 19.1.